The van der Waals surface area contributed by atoms with Crippen LogP contribution in [0.1, 0.15) is 36.5 Å². The molecule has 2 heterocycles. The van der Waals surface area contributed by atoms with Gasteiger partial charge in [-0.2, -0.15) is 5.10 Å². The molecule has 0 bridgehead atoms. The molecule has 3 N–H and O–H groups in total. The Bertz CT molecular complexity index is 791. The number of aliphatic hydroxyl groups excluding tert-OH is 2. The molecule has 2 atom stereocenters. The molecule has 27 heavy (non-hydrogen) atoms. The van der Waals surface area contributed by atoms with E-state index in [2.05, 4.69) is 10.2 Å². The molecular formula is C20H27N3O4. The molecule has 7 heteroatoms. The fraction of sp³-hybridized carbons (Fsp3) is 0.500. The van der Waals surface area contributed by atoms with Crippen molar-refractivity contribution in [1.29, 1.82) is 0 Å². The normalized spacial score (nSPS) is 22.7. The molecule has 0 saturated carbocycles. The molecular weight excluding hydrogens is 346 g/mol. The number of rotatable bonds is 6. The zero-order valence-corrected chi connectivity index (χ0v) is 15.8. The van der Waals surface area contributed by atoms with Gasteiger partial charge in [-0.25, -0.2) is 0 Å². The summed E-state index contributed by atoms with van der Waals surface area (Å²) in [7, 11) is 1.60. The van der Waals surface area contributed by atoms with Crippen LogP contribution in [0.2, 0.25) is 0 Å². The summed E-state index contributed by atoms with van der Waals surface area (Å²) in [4.78, 5) is 14.9. The van der Waals surface area contributed by atoms with Crippen LogP contribution in [0.5, 0.6) is 5.75 Å². The minimum atomic E-state index is -0.664. The molecule has 1 saturated heterocycles. The fourth-order valence-corrected chi connectivity index (χ4v) is 3.92. The minimum absolute atomic E-state index is 0.139. The number of benzene rings is 1. The number of ether oxygens (including phenoxy) is 1. The Morgan fingerprint density at radius 1 is 1.48 bits per heavy atom. The van der Waals surface area contributed by atoms with Gasteiger partial charge in [-0.3, -0.25) is 9.89 Å². The van der Waals surface area contributed by atoms with Crippen molar-refractivity contribution in [2.24, 2.45) is 5.41 Å². The Balaban J connectivity index is 1.88. The molecule has 1 fully saturated rings. The fourth-order valence-electron chi connectivity index (χ4n) is 3.92. The van der Waals surface area contributed by atoms with Crippen LogP contribution in [-0.2, 0) is 0 Å². The first-order chi connectivity index (χ1) is 13.0. The van der Waals surface area contributed by atoms with E-state index in [9.17, 15) is 15.0 Å². The number of hydrogen-bond acceptors (Lipinski definition) is 5. The Labute approximate surface area is 159 Å². The second kappa shape index (κ2) is 8.10. The van der Waals surface area contributed by atoms with Crippen LogP contribution in [0, 0.1) is 5.41 Å². The van der Waals surface area contributed by atoms with Crippen LogP contribution < -0.4 is 4.74 Å². The van der Waals surface area contributed by atoms with Gasteiger partial charge >= 0.3 is 0 Å². The zero-order valence-electron chi connectivity index (χ0n) is 15.8. The quantitative estimate of drug-likeness (QED) is 0.720. The van der Waals surface area contributed by atoms with Gasteiger partial charge < -0.3 is 19.8 Å². The molecule has 146 valence electrons. The topological polar surface area (TPSA) is 98.7 Å². The molecule has 1 aromatic heterocycles. The number of nitrogens with one attached hydrogen (secondary N) is 1. The van der Waals surface area contributed by atoms with E-state index in [-0.39, 0.29) is 12.5 Å². The lowest BCUT2D eigenvalue weighted by molar-refractivity contribution is -0.0720. The maximum atomic E-state index is 13.2. The first-order valence-corrected chi connectivity index (χ1v) is 9.30. The van der Waals surface area contributed by atoms with Crippen molar-refractivity contribution in [2.75, 3.05) is 26.8 Å². The number of aliphatic hydroxyl groups is 2. The van der Waals surface area contributed by atoms with Crippen LogP contribution in [0.4, 0.5) is 0 Å². The van der Waals surface area contributed by atoms with Crippen molar-refractivity contribution in [3.63, 3.8) is 0 Å². The predicted molar refractivity (Wildman–Crippen MR) is 102 cm³/mol. The van der Waals surface area contributed by atoms with Crippen molar-refractivity contribution < 1.29 is 19.7 Å². The summed E-state index contributed by atoms with van der Waals surface area (Å²) in [6, 6.07) is 7.44. The first-order valence-electron chi connectivity index (χ1n) is 9.30. The van der Waals surface area contributed by atoms with Gasteiger partial charge in [0.1, 0.15) is 5.75 Å². The highest BCUT2D eigenvalue weighted by Gasteiger charge is 2.43. The first kappa shape index (κ1) is 19.4. The molecule has 1 amide bonds. The van der Waals surface area contributed by atoms with E-state index in [1.54, 1.807) is 12.0 Å². The van der Waals surface area contributed by atoms with Gasteiger partial charge in [0.2, 0.25) is 0 Å². The minimum Gasteiger partial charge on any atom is -0.497 e. The summed E-state index contributed by atoms with van der Waals surface area (Å²) in [6.45, 7) is 2.66. The van der Waals surface area contributed by atoms with E-state index in [0.717, 1.165) is 12.0 Å². The number of nitrogens with zero attached hydrogens (tertiary/aromatic N) is 2. The van der Waals surface area contributed by atoms with E-state index in [4.69, 9.17) is 4.74 Å². The lowest BCUT2D eigenvalue weighted by atomic mass is 9.74. The lowest BCUT2D eigenvalue weighted by Gasteiger charge is -2.45. The van der Waals surface area contributed by atoms with Crippen molar-refractivity contribution in [1.82, 2.24) is 15.1 Å². The van der Waals surface area contributed by atoms with Gasteiger partial charge in [-0.1, -0.05) is 25.5 Å². The number of aromatic nitrogens is 2. The van der Waals surface area contributed by atoms with Crippen molar-refractivity contribution >= 4 is 5.91 Å². The van der Waals surface area contributed by atoms with Gasteiger partial charge in [-0.05, 0) is 25.0 Å². The second-order valence-electron chi connectivity index (χ2n) is 7.19. The third-order valence-electron chi connectivity index (χ3n) is 5.46. The van der Waals surface area contributed by atoms with Crippen molar-refractivity contribution in [2.45, 2.75) is 32.3 Å². The zero-order chi connectivity index (χ0) is 19.4. The maximum Gasteiger partial charge on any atom is 0.257 e. The van der Waals surface area contributed by atoms with Gasteiger partial charge in [-0.15, -0.1) is 0 Å². The van der Waals surface area contributed by atoms with E-state index in [0.29, 0.717) is 42.9 Å². The Morgan fingerprint density at radius 3 is 3.00 bits per heavy atom. The standard InChI is InChI=1S/C20H27N3O4/c1-3-8-20(13-24)12-23(9-7-17(20)25)19(26)16-11-21-22-18(16)14-5-4-6-15(10-14)27-2/h4-6,10-11,17,24-25H,3,7-9,12-13H2,1-2H3,(H,21,22)/t17-,20+/m1/s1. The van der Waals surface area contributed by atoms with Gasteiger partial charge in [0.25, 0.3) is 5.91 Å². The third kappa shape index (κ3) is 3.70. The highest BCUT2D eigenvalue weighted by atomic mass is 16.5. The number of hydrogen-bond donors (Lipinski definition) is 3. The predicted octanol–water partition coefficient (Wildman–Crippen LogP) is 2.07. The molecule has 2 aromatic rings. The number of methoxy groups -OCH3 is 1. The third-order valence-corrected chi connectivity index (χ3v) is 5.46. The smallest absolute Gasteiger partial charge is 0.257 e. The Kier molecular flexibility index (Phi) is 5.82. The number of aromatic amines is 1. The highest BCUT2D eigenvalue weighted by Crippen LogP contribution is 2.36. The van der Waals surface area contributed by atoms with E-state index in [1.807, 2.05) is 31.2 Å². The average Bonchev–Trinajstić information content (AvgIpc) is 3.19. The summed E-state index contributed by atoms with van der Waals surface area (Å²) in [6.07, 6.45) is 2.89. The summed E-state index contributed by atoms with van der Waals surface area (Å²) in [5.74, 6) is 0.547. The number of H-pyrrole nitrogens is 1. The SMILES string of the molecule is CCC[C@@]1(CO)CN(C(=O)c2cn[nH]c2-c2cccc(OC)c2)CC[C@H]1O. The van der Waals surface area contributed by atoms with Gasteiger partial charge in [0, 0.05) is 24.1 Å². The average molecular weight is 373 g/mol. The van der Waals surface area contributed by atoms with Crippen molar-refractivity contribution in [3.05, 3.63) is 36.0 Å². The molecule has 0 spiro atoms. The van der Waals surface area contributed by atoms with E-state index >= 15 is 0 Å². The van der Waals surface area contributed by atoms with E-state index in [1.165, 1.54) is 6.20 Å². The number of carbonyl (C=O) groups is 1. The lowest BCUT2D eigenvalue weighted by Crippen LogP contribution is -2.55. The number of piperidine rings is 1. The Hall–Kier alpha value is -2.38. The monoisotopic (exact) mass is 373 g/mol. The largest absolute Gasteiger partial charge is 0.497 e. The molecule has 1 aromatic carbocycles. The summed E-state index contributed by atoms with van der Waals surface area (Å²) < 4.78 is 5.26. The summed E-state index contributed by atoms with van der Waals surface area (Å²) >= 11 is 0. The van der Waals surface area contributed by atoms with Crippen LogP contribution >= 0.6 is 0 Å². The van der Waals surface area contributed by atoms with Crippen LogP contribution in [0.15, 0.2) is 30.5 Å². The molecule has 1 aliphatic heterocycles. The molecule has 3 rings (SSSR count). The Morgan fingerprint density at radius 2 is 2.30 bits per heavy atom. The van der Waals surface area contributed by atoms with Crippen LogP contribution in [-0.4, -0.2) is 64.1 Å². The van der Waals surface area contributed by atoms with Crippen LogP contribution in [0.3, 0.4) is 0 Å². The van der Waals surface area contributed by atoms with E-state index < -0.39 is 11.5 Å². The van der Waals surface area contributed by atoms with Crippen LogP contribution in [0.25, 0.3) is 11.3 Å². The highest BCUT2D eigenvalue weighted by molar-refractivity contribution is 5.99. The second-order valence-corrected chi connectivity index (χ2v) is 7.19. The molecule has 0 aliphatic carbocycles. The molecule has 7 nitrogen and oxygen atoms in total. The molecule has 0 radical (unpaired) electrons. The maximum absolute atomic E-state index is 13.2. The summed E-state index contributed by atoms with van der Waals surface area (Å²) in [5, 5.41) is 27.3. The number of carbonyl (C=O) groups excluding carboxylic acids is 1. The van der Waals surface area contributed by atoms with Gasteiger partial charge in [0.05, 0.1) is 37.3 Å². The number of amides is 1. The van der Waals surface area contributed by atoms with Crippen molar-refractivity contribution in [3.8, 4) is 17.0 Å². The number of likely N-dealkylation sites (tertiary alicyclic amines) is 1. The summed E-state index contributed by atoms with van der Waals surface area (Å²) in [5.41, 5.74) is 1.26. The molecule has 1 aliphatic rings. The van der Waals surface area contributed by atoms with Gasteiger partial charge in [0.15, 0.2) is 0 Å². The molecule has 0 unspecified atom stereocenters.